The molecule has 0 atom stereocenters. The van der Waals surface area contributed by atoms with Gasteiger partial charge in [-0.3, -0.25) is 4.79 Å². The highest BCUT2D eigenvalue weighted by Crippen LogP contribution is 2.25. The highest BCUT2D eigenvalue weighted by Gasteiger charge is 2.17. The Bertz CT molecular complexity index is 421. The monoisotopic (exact) mass is 234 g/mol. The van der Waals surface area contributed by atoms with Crippen LogP contribution in [0.25, 0.3) is 0 Å². The molecule has 0 aliphatic heterocycles. The second kappa shape index (κ2) is 5.32. The summed E-state index contributed by atoms with van der Waals surface area (Å²) in [5.41, 5.74) is 12.0. The van der Waals surface area contributed by atoms with Gasteiger partial charge in [0.1, 0.15) is 0 Å². The molecule has 3 heteroatoms. The lowest BCUT2D eigenvalue weighted by atomic mass is 9.89. The normalized spacial score (nSPS) is 10.5. The molecule has 3 N–H and O–H groups in total. The minimum Gasteiger partial charge on any atom is -0.351 e. The standard InChI is InChI=1S/C14H22N2O/c1-8-9(2)11(4)13(12(5)10(8)3)14(17)16-7-6-15/h6-7,15H2,1-5H3,(H,16,17). The molecule has 0 bridgehead atoms. The summed E-state index contributed by atoms with van der Waals surface area (Å²) in [5, 5.41) is 2.84. The van der Waals surface area contributed by atoms with Gasteiger partial charge in [-0.1, -0.05) is 0 Å². The number of carbonyl (C=O) groups is 1. The zero-order valence-corrected chi connectivity index (χ0v) is 11.4. The van der Waals surface area contributed by atoms with Gasteiger partial charge < -0.3 is 11.1 Å². The number of rotatable bonds is 3. The van der Waals surface area contributed by atoms with E-state index in [-0.39, 0.29) is 5.91 Å². The summed E-state index contributed by atoms with van der Waals surface area (Å²) in [6.07, 6.45) is 0. The topological polar surface area (TPSA) is 55.1 Å². The van der Waals surface area contributed by atoms with Crippen molar-refractivity contribution in [2.45, 2.75) is 34.6 Å². The lowest BCUT2D eigenvalue weighted by Crippen LogP contribution is -2.30. The van der Waals surface area contributed by atoms with Crippen molar-refractivity contribution in [1.82, 2.24) is 5.32 Å². The second-order valence-corrected chi connectivity index (χ2v) is 4.54. The van der Waals surface area contributed by atoms with E-state index < -0.39 is 0 Å². The molecular formula is C14H22N2O. The molecule has 0 heterocycles. The summed E-state index contributed by atoms with van der Waals surface area (Å²) in [6.45, 7) is 11.2. The molecule has 0 fully saturated rings. The van der Waals surface area contributed by atoms with Gasteiger partial charge in [-0.25, -0.2) is 0 Å². The number of hydrogen-bond donors (Lipinski definition) is 2. The zero-order valence-electron chi connectivity index (χ0n) is 11.4. The molecule has 17 heavy (non-hydrogen) atoms. The Morgan fingerprint density at radius 1 is 0.941 bits per heavy atom. The summed E-state index contributed by atoms with van der Waals surface area (Å²) in [7, 11) is 0. The van der Waals surface area contributed by atoms with Crippen LogP contribution in [0, 0.1) is 34.6 Å². The fourth-order valence-corrected chi connectivity index (χ4v) is 2.11. The average Bonchev–Trinajstić information content (AvgIpc) is 2.31. The Hall–Kier alpha value is -1.35. The van der Waals surface area contributed by atoms with Crippen LogP contribution < -0.4 is 11.1 Å². The number of hydrogen-bond acceptors (Lipinski definition) is 2. The van der Waals surface area contributed by atoms with Crippen molar-refractivity contribution in [3.05, 3.63) is 33.4 Å². The summed E-state index contributed by atoms with van der Waals surface area (Å²) in [4.78, 5) is 12.1. The van der Waals surface area contributed by atoms with Gasteiger partial charge in [-0.05, 0) is 62.4 Å². The van der Waals surface area contributed by atoms with E-state index in [1.807, 2.05) is 13.8 Å². The third-order valence-corrected chi connectivity index (χ3v) is 3.66. The van der Waals surface area contributed by atoms with Gasteiger partial charge in [0, 0.05) is 18.7 Å². The van der Waals surface area contributed by atoms with Crippen molar-refractivity contribution < 1.29 is 4.79 Å². The lowest BCUT2D eigenvalue weighted by Gasteiger charge is -2.18. The molecule has 3 nitrogen and oxygen atoms in total. The van der Waals surface area contributed by atoms with Crippen LogP contribution in [0.15, 0.2) is 0 Å². The van der Waals surface area contributed by atoms with Gasteiger partial charge >= 0.3 is 0 Å². The molecule has 0 aliphatic rings. The second-order valence-electron chi connectivity index (χ2n) is 4.54. The first kappa shape index (κ1) is 13.7. The number of nitrogens with two attached hydrogens (primary N) is 1. The van der Waals surface area contributed by atoms with Gasteiger partial charge in [0.05, 0.1) is 0 Å². The summed E-state index contributed by atoms with van der Waals surface area (Å²) in [6, 6.07) is 0. The van der Waals surface area contributed by atoms with Crippen molar-refractivity contribution in [2.24, 2.45) is 5.73 Å². The molecule has 0 radical (unpaired) electrons. The van der Waals surface area contributed by atoms with Gasteiger partial charge in [0.2, 0.25) is 0 Å². The number of carbonyl (C=O) groups excluding carboxylic acids is 1. The third kappa shape index (κ3) is 2.50. The molecule has 0 aromatic heterocycles. The zero-order chi connectivity index (χ0) is 13.2. The fourth-order valence-electron chi connectivity index (χ4n) is 2.11. The average molecular weight is 234 g/mol. The molecule has 0 saturated carbocycles. The molecule has 1 rings (SSSR count). The van der Waals surface area contributed by atoms with Gasteiger partial charge in [0.25, 0.3) is 5.91 Å². The van der Waals surface area contributed by atoms with Crippen LogP contribution in [0.5, 0.6) is 0 Å². The molecule has 0 saturated heterocycles. The Morgan fingerprint density at radius 2 is 1.35 bits per heavy atom. The van der Waals surface area contributed by atoms with Crippen molar-refractivity contribution in [3.8, 4) is 0 Å². The fraction of sp³-hybridized carbons (Fsp3) is 0.500. The first-order valence-electron chi connectivity index (χ1n) is 5.97. The minimum atomic E-state index is -0.0170. The van der Waals surface area contributed by atoms with Crippen molar-refractivity contribution >= 4 is 5.91 Å². The largest absolute Gasteiger partial charge is 0.351 e. The van der Waals surface area contributed by atoms with Gasteiger partial charge in [0.15, 0.2) is 0 Å². The van der Waals surface area contributed by atoms with E-state index in [9.17, 15) is 4.79 Å². The van der Waals surface area contributed by atoms with Crippen LogP contribution >= 0.6 is 0 Å². The highest BCUT2D eigenvalue weighted by atomic mass is 16.1. The van der Waals surface area contributed by atoms with Crippen LogP contribution in [0.1, 0.15) is 38.2 Å². The molecule has 0 aliphatic carbocycles. The van der Waals surface area contributed by atoms with Crippen LogP contribution in [-0.2, 0) is 0 Å². The summed E-state index contributed by atoms with van der Waals surface area (Å²) < 4.78 is 0. The van der Waals surface area contributed by atoms with E-state index in [1.165, 1.54) is 16.7 Å². The molecule has 0 unspecified atom stereocenters. The molecule has 1 aromatic carbocycles. The minimum absolute atomic E-state index is 0.0170. The highest BCUT2D eigenvalue weighted by molar-refractivity contribution is 5.98. The first-order valence-corrected chi connectivity index (χ1v) is 5.97. The van der Waals surface area contributed by atoms with E-state index in [0.717, 1.165) is 16.7 Å². The van der Waals surface area contributed by atoms with Crippen LogP contribution in [-0.4, -0.2) is 19.0 Å². The molecule has 0 spiro atoms. The number of nitrogens with one attached hydrogen (secondary N) is 1. The van der Waals surface area contributed by atoms with Gasteiger partial charge in [-0.2, -0.15) is 0 Å². The van der Waals surface area contributed by atoms with E-state index in [2.05, 4.69) is 26.1 Å². The lowest BCUT2D eigenvalue weighted by molar-refractivity contribution is 0.0953. The summed E-state index contributed by atoms with van der Waals surface area (Å²) >= 11 is 0. The smallest absolute Gasteiger partial charge is 0.251 e. The maximum Gasteiger partial charge on any atom is 0.251 e. The Labute approximate surface area is 103 Å². The maximum absolute atomic E-state index is 12.1. The van der Waals surface area contributed by atoms with Crippen molar-refractivity contribution in [2.75, 3.05) is 13.1 Å². The molecule has 1 aromatic rings. The van der Waals surface area contributed by atoms with Crippen LogP contribution in [0.2, 0.25) is 0 Å². The van der Waals surface area contributed by atoms with E-state index in [0.29, 0.717) is 13.1 Å². The first-order chi connectivity index (χ1) is 7.91. The Balaban J connectivity index is 3.29. The number of amides is 1. The van der Waals surface area contributed by atoms with Gasteiger partial charge in [-0.15, -0.1) is 0 Å². The van der Waals surface area contributed by atoms with Crippen LogP contribution in [0.4, 0.5) is 0 Å². The summed E-state index contributed by atoms with van der Waals surface area (Å²) in [5.74, 6) is -0.0170. The Kier molecular flexibility index (Phi) is 4.29. The van der Waals surface area contributed by atoms with E-state index >= 15 is 0 Å². The SMILES string of the molecule is Cc1c(C)c(C)c(C(=O)NCCN)c(C)c1C. The maximum atomic E-state index is 12.1. The predicted molar refractivity (Wildman–Crippen MR) is 71.5 cm³/mol. The molecule has 1 amide bonds. The third-order valence-electron chi connectivity index (χ3n) is 3.66. The Morgan fingerprint density at radius 3 is 1.76 bits per heavy atom. The van der Waals surface area contributed by atoms with Crippen molar-refractivity contribution in [3.63, 3.8) is 0 Å². The number of benzene rings is 1. The van der Waals surface area contributed by atoms with Crippen LogP contribution in [0.3, 0.4) is 0 Å². The quantitative estimate of drug-likeness (QED) is 0.839. The predicted octanol–water partition coefficient (Wildman–Crippen LogP) is 1.92. The van der Waals surface area contributed by atoms with E-state index in [4.69, 9.17) is 5.73 Å². The van der Waals surface area contributed by atoms with Crippen molar-refractivity contribution in [1.29, 1.82) is 0 Å². The van der Waals surface area contributed by atoms with E-state index in [1.54, 1.807) is 0 Å². The molecule has 94 valence electrons. The molecular weight excluding hydrogens is 212 g/mol.